The van der Waals surface area contributed by atoms with Gasteiger partial charge in [0.15, 0.2) is 4.34 Å². The maximum absolute atomic E-state index is 12.3. The average Bonchev–Trinajstić information content (AvgIpc) is 3.21. The Morgan fingerprint density at radius 3 is 2.70 bits per heavy atom. The molecule has 2 N–H and O–H groups in total. The standard InChI is InChI=1S/C21H21ClN4O2S2/c1-14(10-11-15-6-3-2-4-7-15)23-18(27)13-29-21-26-25-20(30-21)19(28)24-17-9-5-8-16(22)12-17/h2-9,12,14H,10-11,13H2,1H3,(H,23,27)(H,24,28). The SMILES string of the molecule is CC(CCc1ccccc1)NC(=O)CSc1nnc(C(=O)Nc2cccc(Cl)c2)s1. The highest BCUT2D eigenvalue weighted by molar-refractivity contribution is 8.01. The normalized spacial score (nSPS) is 11.7. The van der Waals surface area contributed by atoms with Crippen molar-refractivity contribution < 1.29 is 9.59 Å². The van der Waals surface area contributed by atoms with Crippen LogP contribution in [0.1, 0.15) is 28.7 Å². The van der Waals surface area contributed by atoms with Crippen LogP contribution in [-0.2, 0) is 11.2 Å². The summed E-state index contributed by atoms with van der Waals surface area (Å²) in [6.07, 6.45) is 1.78. The summed E-state index contributed by atoms with van der Waals surface area (Å²) < 4.78 is 0.568. The number of hydrogen-bond acceptors (Lipinski definition) is 6. The minimum atomic E-state index is -0.361. The lowest BCUT2D eigenvalue weighted by Crippen LogP contribution is -2.34. The summed E-state index contributed by atoms with van der Waals surface area (Å²) in [6, 6.07) is 17.1. The molecule has 30 heavy (non-hydrogen) atoms. The van der Waals surface area contributed by atoms with E-state index >= 15 is 0 Å². The quantitative estimate of drug-likeness (QED) is 0.453. The van der Waals surface area contributed by atoms with Gasteiger partial charge in [0.05, 0.1) is 5.75 Å². The molecule has 0 saturated heterocycles. The van der Waals surface area contributed by atoms with Gasteiger partial charge in [-0.2, -0.15) is 0 Å². The van der Waals surface area contributed by atoms with Crippen LogP contribution in [0.5, 0.6) is 0 Å². The van der Waals surface area contributed by atoms with Crippen molar-refractivity contribution in [1.29, 1.82) is 0 Å². The Hall–Kier alpha value is -2.42. The molecule has 0 bridgehead atoms. The molecular weight excluding hydrogens is 440 g/mol. The van der Waals surface area contributed by atoms with Crippen molar-refractivity contribution in [3.63, 3.8) is 0 Å². The molecule has 0 aliphatic carbocycles. The molecule has 9 heteroatoms. The summed E-state index contributed by atoms with van der Waals surface area (Å²) in [4.78, 5) is 24.5. The molecule has 0 spiro atoms. The van der Waals surface area contributed by atoms with Gasteiger partial charge >= 0.3 is 0 Å². The molecule has 6 nitrogen and oxygen atoms in total. The number of thioether (sulfide) groups is 1. The van der Waals surface area contributed by atoms with Crippen LogP contribution in [-0.4, -0.2) is 33.8 Å². The van der Waals surface area contributed by atoms with E-state index in [1.165, 1.54) is 17.3 Å². The Kier molecular flexibility index (Phi) is 8.24. The Bertz CT molecular complexity index is 997. The summed E-state index contributed by atoms with van der Waals surface area (Å²) in [5.41, 5.74) is 1.84. The number of nitrogens with one attached hydrogen (secondary N) is 2. The van der Waals surface area contributed by atoms with Crippen LogP contribution in [0.4, 0.5) is 5.69 Å². The fourth-order valence-corrected chi connectivity index (χ4v) is 4.40. The third kappa shape index (κ3) is 7.12. The van der Waals surface area contributed by atoms with E-state index in [0.29, 0.717) is 15.0 Å². The summed E-state index contributed by atoms with van der Waals surface area (Å²) in [6.45, 7) is 1.99. The lowest BCUT2D eigenvalue weighted by molar-refractivity contribution is -0.119. The van der Waals surface area contributed by atoms with Crippen molar-refractivity contribution in [1.82, 2.24) is 15.5 Å². The van der Waals surface area contributed by atoms with Crippen molar-refractivity contribution in [2.75, 3.05) is 11.1 Å². The predicted molar refractivity (Wildman–Crippen MR) is 122 cm³/mol. The summed E-state index contributed by atoms with van der Waals surface area (Å²) in [5.74, 6) is -0.207. The summed E-state index contributed by atoms with van der Waals surface area (Å²) >= 11 is 8.33. The maximum Gasteiger partial charge on any atom is 0.286 e. The molecule has 3 aromatic rings. The Balaban J connectivity index is 1.42. The molecule has 2 aromatic carbocycles. The van der Waals surface area contributed by atoms with E-state index in [4.69, 9.17) is 11.6 Å². The molecule has 0 radical (unpaired) electrons. The highest BCUT2D eigenvalue weighted by Gasteiger charge is 2.15. The van der Waals surface area contributed by atoms with Crippen LogP contribution in [0.15, 0.2) is 58.9 Å². The van der Waals surface area contributed by atoms with E-state index < -0.39 is 0 Å². The average molecular weight is 461 g/mol. The third-order valence-corrected chi connectivity index (χ3v) is 6.42. The molecule has 0 aliphatic rings. The van der Waals surface area contributed by atoms with Crippen LogP contribution in [0.25, 0.3) is 0 Å². The van der Waals surface area contributed by atoms with Crippen molar-refractivity contribution >= 4 is 52.2 Å². The zero-order valence-electron chi connectivity index (χ0n) is 16.3. The Labute approximate surface area is 188 Å². The number of hydrogen-bond donors (Lipinski definition) is 2. The predicted octanol–water partition coefficient (Wildman–Crippen LogP) is 4.67. The van der Waals surface area contributed by atoms with Crippen LogP contribution >= 0.6 is 34.7 Å². The van der Waals surface area contributed by atoms with Crippen molar-refractivity contribution in [2.24, 2.45) is 0 Å². The molecule has 0 fully saturated rings. The van der Waals surface area contributed by atoms with E-state index in [-0.39, 0.29) is 28.6 Å². The number of anilines is 1. The Morgan fingerprint density at radius 1 is 1.13 bits per heavy atom. The molecule has 1 aromatic heterocycles. The summed E-state index contributed by atoms with van der Waals surface area (Å²) in [5, 5.41) is 14.4. The number of benzene rings is 2. The Morgan fingerprint density at radius 2 is 1.93 bits per heavy atom. The molecule has 156 valence electrons. The maximum atomic E-state index is 12.3. The molecular formula is C21H21ClN4O2S2. The highest BCUT2D eigenvalue weighted by Crippen LogP contribution is 2.23. The van der Waals surface area contributed by atoms with Gasteiger partial charge in [0.2, 0.25) is 10.9 Å². The molecule has 0 aliphatic heterocycles. The van der Waals surface area contributed by atoms with E-state index in [9.17, 15) is 9.59 Å². The van der Waals surface area contributed by atoms with Gasteiger partial charge < -0.3 is 10.6 Å². The van der Waals surface area contributed by atoms with Gasteiger partial charge in [-0.25, -0.2) is 0 Å². The molecule has 0 saturated carbocycles. The third-order valence-electron chi connectivity index (χ3n) is 4.13. The molecule has 2 amide bonds. The topological polar surface area (TPSA) is 84.0 Å². The molecule has 1 heterocycles. The van der Waals surface area contributed by atoms with Crippen LogP contribution in [0, 0.1) is 0 Å². The number of rotatable bonds is 9. The molecule has 1 atom stereocenters. The number of nitrogens with zero attached hydrogens (tertiary/aromatic N) is 2. The van der Waals surface area contributed by atoms with Crippen LogP contribution in [0.2, 0.25) is 5.02 Å². The smallest absolute Gasteiger partial charge is 0.286 e. The van der Waals surface area contributed by atoms with E-state index in [2.05, 4.69) is 33.0 Å². The van der Waals surface area contributed by atoms with Gasteiger partial charge in [-0.1, -0.05) is 71.1 Å². The van der Waals surface area contributed by atoms with Crippen molar-refractivity contribution in [2.45, 2.75) is 30.1 Å². The largest absolute Gasteiger partial charge is 0.353 e. The van der Waals surface area contributed by atoms with Crippen LogP contribution in [0.3, 0.4) is 0 Å². The monoisotopic (exact) mass is 460 g/mol. The second-order valence-corrected chi connectivity index (χ2v) is 9.26. The number of carbonyl (C=O) groups excluding carboxylic acids is 2. The fraction of sp³-hybridized carbons (Fsp3) is 0.238. The number of halogens is 1. The highest BCUT2D eigenvalue weighted by atomic mass is 35.5. The lowest BCUT2D eigenvalue weighted by Gasteiger charge is -2.13. The van der Waals surface area contributed by atoms with Gasteiger partial charge in [0, 0.05) is 16.8 Å². The van der Waals surface area contributed by atoms with E-state index in [1.807, 2.05) is 25.1 Å². The van der Waals surface area contributed by atoms with Gasteiger partial charge in [0.1, 0.15) is 0 Å². The van der Waals surface area contributed by atoms with Crippen LogP contribution < -0.4 is 10.6 Å². The number of aryl methyl sites for hydroxylation is 1. The van der Waals surface area contributed by atoms with Crippen molar-refractivity contribution in [3.05, 3.63) is 70.2 Å². The first-order chi connectivity index (χ1) is 14.5. The van der Waals surface area contributed by atoms with Crippen molar-refractivity contribution in [3.8, 4) is 0 Å². The number of aromatic nitrogens is 2. The minimum Gasteiger partial charge on any atom is -0.353 e. The molecule has 3 rings (SSSR count). The number of amides is 2. The second kappa shape index (κ2) is 11.1. The fourth-order valence-electron chi connectivity index (χ4n) is 2.65. The molecule has 1 unspecified atom stereocenters. The first-order valence-corrected chi connectivity index (χ1v) is 11.5. The minimum absolute atomic E-state index is 0.0688. The first-order valence-electron chi connectivity index (χ1n) is 9.36. The zero-order valence-corrected chi connectivity index (χ0v) is 18.7. The van der Waals surface area contributed by atoms with Gasteiger partial charge in [-0.15, -0.1) is 10.2 Å². The van der Waals surface area contributed by atoms with E-state index in [1.54, 1.807) is 24.3 Å². The van der Waals surface area contributed by atoms with Gasteiger partial charge in [-0.05, 0) is 43.5 Å². The van der Waals surface area contributed by atoms with E-state index in [0.717, 1.165) is 24.2 Å². The first kappa shape index (κ1) is 22.3. The second-order valence-electron chi connectivity index (χ2n) is 6.62. The number of carbonyl (C=O) groups is 2. The zero-order chi connectivity index (χ0) is 21.3. The lowest BCUT2D eigenvalue weighted by atomic mass is 10.1. The summed E-state index contributed by atoms with van der Waals surface area (Å²) in [7, 11) is 0. The van der Waals surface area contributed by atoms with Gasteiger partial charge in [-0.3, -0.25) is 9.59 Å². The van der Waals surface area contributed by atoms with Gasteiger partial charge in [0.25, 0.3) is 5.91 Å².